The summed E-state index contributed by atoms with van der Waals surface area (Å²) in [6.45, 7) is 1.29. The van der Waals surface area contributed by atoms with Crippen LogP contribution in [0.4, 0.5) is 5.69 Å². The molecule has 1 atom stereocenters. The molecule has 166 valence electrons. The molecule has 1 fully saturated rings. The number of anilines is 1. The van der Waals surface area contributed by atoms with E-state index in [0.29, 0.717) is 30.3 Å². The van der Waals surface area contributed by atoms with Gasteiger partial charge in [0.25, 0.3) is 5.91 Å². The maximum atomic E-state index is 13.4. The highest BCUT2D eigenvalue weighted by Gasteiger charge is 2.44. The number of hydrogen-bond donors (Lipinski definition) is 1. The molecule has 2 aliphatic rings. The van der Waals surface area contributed by atoms with Gasteiger partial charge in [0.05, 0.1) is 39.5 Å². The van der Waals surface area contributed by atoms with E-state index in [1.165, 1.54) is 17.6 Å². The second kappa shape index (κ2) is 7.87. The van der Waals surface area contributed by atoms with Gasteiger partial charge in [0.2, 0.25) is 5.91 Å². The zero-order valence-corrected chi connectivity index (χ0v) is 18.3. The van der Waals surface area contributed by atoms with Gasteiger partial charge < -0.3 is 19.2 Å². The lowest BCUT2D eigenvalue weighted by atomic mass is 10.0. The Morgan fingerprint density at radius 2 is 1.72 bits per heavy atom. The number of fused-ring (bicyclic) bond motifs is 3. The Morgan fingerprint density at radius 3 is 2.47 bits per heavy atom. The first-order valence-corrected chi connectivity index (χ1v) is 10.5. The number of nitrogens with one attached hydrogen (secondary N) is 1. The Kier molecular flexibility index (Phi) is 5.01. The highest BCUT2D eigenvalue weighted by molar-refractivity contribution is 6.23. The number of imide groups is 1. The fraction of sp³-hybridized carbons (Fsp3) is 0.333. The molecule has 0 radical (unpaired) electrons. The molecule has 2 amide bonds. The van der Waals surface area contributed by atoms with Crippen LogP contribution in [0.1, 0.15) is 17.7 Å². The van der Waals surface area contributed by atoms with Crippen molar-refractivity contribution in [3.05, 3.63) is 47.7 Å². The monoisotopic (exact) mass is 435 g/mol. The van der Waals surface area contributed by atoms with Crippen molar-refractivity contribution < 1.29 is 23.8 Å². The molecule has 1 aromatic heterocycles. The number of H-pyrrole nitrogens is 1. The van der Waals surface area contributed by atoms with E-state index in [4.69, 9.17) is 14.2 Å². The van der Waals surface area contributed by atoms with E-state index >= 15 is 0 Å². The van der Waals surface area contributed by atoms with E-state index < -0.39 is 6.04 Å². The van der Waals surface area contributed by atoms with E-state index in [2.05, 4.69) is 9.88 Å². The molecule has 0 aliphatic carbocycles. The SMILES string of the molecule is COc1ccc(N2C(=O)C[C@@H](N3CCc4c([nH]c5ccc(OC)cc45)C3)C2=O)c(OC)c1. The summed E-state index contributed by atoms with van der Waals surface area (Å²) in [5.41, 5.74) is 3.83. The summed E-state index contributed by atoms with van der Waals surface area (Å²) >= 11 is 0. The zero-order chi connectivity index (χ0) is 22.4. The predicted octanol–water partition coefficient (Wildman–Crippen LogP) is 2.88. The molecule has 2 aromatic carbocycles. The van der Waals surface area contributed by atoms with Gasteiger partial charge in [-0.15, -0.1) is 0 Å². The van der Waals surface area contributed by atoms with Crippen molar-refractivity contribution in [1.29, 1.82) is 0 Å². The molecule has 0 bridgehead atoms. The molecule has 3 aromatic rings. The number of aromatic nitrogens is 1. The second-order valence-corrected chi connectivity index (χ2v) is 8.04. The summed E-state index contributed by atoms with van der Waals surface area (Å²) < 4.78 is 16.0. The average molecular weight is 435 g/mol. The third kappa shape index (κ3) is 3.18. The van der Waals surface area contributed by atoms with E-state index in [0.717, 1.165) is 28.8 Å². The van der Waals surface area contributed by atoms with Gasteiger partial charge in [-0.3, -0.25) is 14.5 Å². The van der Waals surface area contributed by atoms with Crippen molar-refractivity contribution in [2.75, 3.05) is 32.8 Å². The Morgan fingerprint density at radius 1 is 0.969 bits per heavy atom. The average Bonchev–Trinajstić information content (AvgIpc) is 3.33. The summed E-state index contributed by atoms with van der Waals surface area (Å²) in [5, 5.41) is 1.15. The topological polar surface area (TPSA) is 84.1 Å². The molecule has 0 spiro atoms. The van der Waals surface area contributed by atoms with Gasteiger partial charge in [-0.1, -0.05) is 0 Å². The molecule has 1 N–H and O–H groups in total. The van der Waals surface area contributed by atoms with E-state index in [1.807, 2.05) is 18.2 Å². The summed E-state index contributed by atoms with van der Waals surface area (Å²) in [4.78, 5) is 33.1. The van der Waals surface area contributed by atoms with Crippen molar-refractivity contribution in [2.45, 2.75) is 25.4 Å². The summed E-state index contributed by atoms with van der Waals surface area (Å²) in [6, 6.07) is 10.6. The van der Waals surface area contributed by atoms with Crippen molar-refractivity contribution in [2.24, 2.45) is 0 Å². The van der Waals surface area contributed by atoms with Gasteiger partial charge in [0.15, 0.2) is 0 Å². The van der Waals surface area contributed by atoms with Gasteiger partial charge in [-0.05, 0) is 42.3 Å². The first-order chi connectivity index (χ1) is 15.5. The largest absolute Gasteiger partial charge is 0.497 e. The number of nitrogens with zero attached hydrogens (tertiary/aromatic N) is 2. The van der Waals surface area contributed by atoms with Crippen LogP contribution < -0.4 is 19.1 Å². The number of carbonyl (C=O) groups excluding carboxylic acids is 2. The maximum Gasteiger partial charge on any atom is 0.251 e. The van der Waals surface area contributed by atoms with Gasteiger partial charge in [0.1, 0.15) is 17.2 Å². The Balaban J connectivity index is 1.41. The minimum atomic E-state index is -0.497. The number of hydrogen-bond acceptors (Lipinski definition) is 6. The number of benzene rings is 2. The Bertz CT molecular complexity index is 1220. The first kappa shape index (κ1) is 20.4. The predicted molar refractivity (Wildman–Crippen MR) is 119 cm³/mol. The number of rotatable bonds is 5. The van der Waals surface area contributed by atoms with Crippen LogP contribution in [-0.4, -0.2) is 55.6 Å². The van der Waals surface area contributed by atoms with Crippen LogP contribution >= 0.6 is 0 Å². The molecule has 2 aliphatic heterocycles. The number of carbonyl (C=O) groups is 2. The molecule has 3 heterocycles. The number of amides is 2. The minimum Gasteiger partial charge on any atom is -0.497 e. The smallest absolute Gasteiger partial charge is 0.251 e. The molecule has 8 nitrogen and oxygen atoms in total. The molecule has 5 rings (SSSR count). The van der Waals surface area contributed by atoms with Crippen LogP contribution in [-0.2, 0) is 22.6 Å². The molecule has 32 heavy (non-hydrogen) atoms. The second-order valence-electron chi connectivity index (χ2n) is 8.04. The first-order valence-electron chi connectivity index (χ1n) is 10.5. The highest BCUT2D eigenvalue weighted by Crippen LogP contribution is 2.37. The van der Waals surface area contributed by atoms with Crippen LogP contribution in [0.25, 0.3) is 10.9 Å². The van der Waals surface area contributed by atoms with Gasteiger partial charge in [-0.25, -0.2) is 4.90 Å². The van der Waals surface area contributed by atoms with Crippen molar-refractivity contribution in [3.63, 3.8) is 0 Å². The third-order valence-electron chi connectivity index (χ3n) is 6.40. The van der Waals surface area contributed by atoms with Crippen LogP contribution in [0.5, 0.6) is 17.2 Å². The van der Waals surface area contributed by atoms with E-state index in [1.54, 1.807) is 32.4 Å². The Hall–Kier alpha value is -3.52. The molecule has 0 unspecified atom stereocenters. The number of ether oxygens (including phenoxy) is 3. The van der Waals surface area contributed by atoms with Crippen LogP contribution in [0.3, 0.4) is 0 Å². The van der Waals surface area contributed by atoms with Crippen LogP contribution in [0, 0.1) is 0 Å². The summed E-state index contributed by atoms with van der Waals surface area (Å²) in [7, 11) is 4.73. The number of aromatic amines is 1. The molecule has 1 saturated heterocycles. The molecule has 8 heteroatoms. The van der Waals surface area contributed by atoms with Crippen molar-refractivity contribution in [3.8, 4) is 17.2 Å². The fourth-order valence-corrected chi connectivity index (χ4v) is 4.76. The lowest BCUT2D eigenvalue weighted by Gasteiger charge is -2.31. The lowest BCUT2D eigenvalue weighted by Crippen LogP contribution is -2.44. The molecule has 0 saturated carbocycles. The van der Waals surface area contributed by atoms with Crippen LogP contribution in [0.15, 0.2) is 36.4 Å². The van der Waals surface area contributed by atoms with Crippen molar-refractivity contribution >= 4 is 28.4 Å². The van der Waals surface area contributed by atoms with E-state index in [9.17, 15) is 9.59 Å². The minimum absolute atomic E-state index is 0.150. The maximum absolute atomic E-state index is 13.4. The van der Waals surface area contributed by atoms with Gasteiger partial charge >= 0.3 is 0 Å². The zero-order valence-electron chi connectivity index (χ0n) is 18.3. The van der Waals surface area contributed by atoms with Gasteiger partial charge in [-0.2, -0.15) is 0 Å². The number of methoxy groups -OCH3 is 3. The summed E-state index contributed by atoms with van der Waals surface area (Å²) in [6.07, 6.45) is 0.948. The standard InChI is InChI=1S/C24H25N3O5/c1-30-14-4-6-18-17(10-14)16-8-9-26(13-19(16)25-18)21-12-23(28)27(24(21)29)20-7-5-15(31-2)11-22(20)32-3/h4-7,10-11,21,25H,8-9,12-13H2,1-3H3/t21-/m1/s1. The summed E-state index contributed by atoms with van der Waals surface area (Å²) in [5.74, 6) is 1.40. The molecular weight excluding hydrogens is 410 g/mol. The Labute approximate surface area is 185 Å². The van der Waals surface area contributed by atoms with Crippen LogP contribution in [0.2, 0.25) is 0 Å². The van der Waals surface area contributed by atoms with E-state index in [-0.39, 0.29) is 18.2 Å². The third-order valence-corrected chi connectivity index (χ3v) is 6.40. The quantitative estimate of drug-likeness (QED) is 0.621. The van der Waals surface area contributed by atoms with Gasteiger partial charge in [0, 0.05) is 35.8 Å². The molecular formula is C24H25N3O5. The fourth-order valence-electron chi connectivity index (χ4n) is 4.76. The normalized spacial score (nSPS) is 18.8. The van der Waals surface area contributed by atoms with Crippen molar-refractivity contribution in [1.82, 2.24) is 9.88 Å². The highest BCUT2D eigenvalue weighted by atomic mass is 16.5. The lowest BCUT2D eigenvalue weighted by molar-refractivity contribution is -0.123.